The zero-order chi connectivity index (χ0) is 22.9. The number of urea groups is 1. The summed E-state index contributed by atoms with van der Waals surface area (Å²) in [5, 5.41) is 10.6. The standard InChI is InChI=1S/C25H31N7O2/c33-25(29-22-12-17-1-2-18(22)11-17)30-24-4-3-21-23(28-24)13-19(14-26-21)20-15-27-32(16-20)6-5-31-7-9-34-10-8-31/h3-4,13-18,22H,1-2,5-12H2,(H2,28,29,30,33)/t17-,18+,22?/m0/s1. The number of pyridine rings is 2. The third kappa shape index (κ3) is 4.63. The SMILES string of the molecule is O=C(Nc1ccc2ncc(-c3cnn(CCN4CCOCC4)c3)cc2n1)NC1C[C@H]2CC[C@@H]1C2. The fourth-order valence-electron chi connectivity index (χ4n) is 5.68. The van der Waals surface area contributed by atoms with Gasteiger partial charge in [0.1, 0.15) is 5.82 Å². The van der Waals surface area contributed by atoms with Crippen molar-refractivity contribution in [3.63, 3.8) is 0 Å². The van der Waals surface area contributed by atoms with Gasteiger partial charge in [-0.3, -0.25) is 19.9 Å². The van der Waals surface area contributed by atoms with Crippen molar-refractivity contribution in [2.45, 2.75) is 38.3 Å². The number of nitrogens with zero attached hydrogens (tertiary/aromatic N) is 5. The first-order valence-corrected chi connectivity index (χ1v) is 12.4. The minimum atomic E-state index is -0.171. The number of carbonyl (C=O) groups is 1. The van der Waals surface area contributed by atoms with Crippen LogP contribution in [0.15, 0.2) is 36.8 Å². The Balaban J connectivity index is 1.11. The van der Waals surface area contributed by atoms with Crippen LogP contribution in [0.3, 0.4) is 0 Å². The monoisotopic (exact) mass is 461 g/mol. The summed E-state index contributed by atoms with van der Waals surface area (Å²) < 4.78 is 7.39. The van der Waals surface area contributed by atoms with Gasteiger partial charge in [-0.2, -0.15) is 5.10 Å². The molecule has 0 aromatic carbocycles. The van der Waals surface area contributed by atoms with Gasteiger partial charge in [-0.1, -0.05) is 6.42 Å². The molecule has 1 saturated heterocycles. The van der Waals surface area contributed by atoms with E-state index in [0.717, 1.165) is 73.9 Å². The number of morpholine rings is 1. The van der Waals surface area contributed by atoms with E-state index in [1.54, 1.807) is 6.07 Å². The maximum Gasteiger partial charge on any atom is 0.320 e. The van der Waals surface area contributed by atoms with E-state index in [1.165, 1.54) is 19.3 Å². The van der Waals surface area contributed by atoms with Crippen molar-refractivity contribution in [2.24, 2.45) is 11.8 Å². The summed E-state index contributed by atoms with van der Waals surface area (Å²) in [4.78, 5) is 24.2. The molecule has 2 bridgehead atoms. The summed E-state index contributed by atoms with van der Waals surface area (Å²) in [5.41, 5.74) is 3.51. The molecule has 6 rings (SSSR count). The lowest BCUT2D eigenvalue weighted by Gasteiger charge is -2.26. The Morgan fingerprint density at radius 3 is 2.79 bits per heavy atom. The summed E-state index contributed by atoms with van der Waals surface area (Å²) in [6.45, 7) is 5.36. The number of hydrogen-bond acceptors (Lipinski definition) is 6. The molecular formula is C25H31N7O2. The van der Waals surface area contributed by atoms with Crippen LogP contribution in [0.4, 0.5) is 10.6 Å². The second-order valence-electron chi connectivity index (χ2n) is 9.78. The Bertz CT molecular complexity index is 1170. The number of anilines is 1. The molecule has 3 aromatic heterocycles. The largest absolute Gasteiger partial charge is 0.379 e. The van der Waals surface area contributed by atoms with Gasteiger partial charge < -0.3 is 10.1 Å². The average molecular weight is 462 g/mol. The van der Waals surface area contributed by atoms with E-state index in [0.29, 0.717) is 17.8 Å². The van der Waals surface area contributed by atoms with Crippen molar-refractivity contribution >= 4 is 22.9 Å². The highest BCUT2D eigenvalue weighted by Crippen LogP contribution is 2.44. The lowest BCUT2D eigenvalue weighted by atomic mass is 9.95. The van der Waals surface area contributed by atoms with Crippen molar-refractivity contribution in [3.8, 4) is 11.1 Å². The fraction of sp³-hybridized carbons (Fsp3) is 0.520. The number of rotatable bonds is 6. The van der Waals surface area contributed by atoms with Gasteiger partial charge in [-0.15, -0.1) is 0 Å². The number of hydrogen-bond donors (Lipinski definition) is 2. The predicted molar refractivity (Wildman–Crippen MR) is 129 cm³/mol. The molecule has 0 radical (unpaired) electrons. The van der Waals surface area contributed by atoms with E-state index in [9.17, 15) is 4.79 Å². The third-order valence-corrected chi connectivity index (χ3v) is 7.55. The van der Waals surface area contributed by atoms with E-state index in [2.05, 4.69) is 30.6 Å². The molecule has 34 heavy (non-hydrogen) atoms. The number of fused-ring (bicyclic) bond motifs is 3. The van der Waals surface area contributed by atoms with Crippen LogP contribution in [0.25, 0.3) is 22.2 Å². The van der Waals surface area contributed by atoms with E-state index >= 15 is 0 Å². The number of carbonyl (C=O) groups excluding carboxylic acids is 1. The molecule has 4 heterocycles. The second-order valence-corrected chi connectivity index (χ2v) is 9.78. The van der Waals surface area contributed by atoms with Crippen LogP contribution >= 0.6 is 0 Å². The van der Waals surface area contributed by atoms with Crippen molar-refractivity contribution in [1.29, 1.82) is 0 Å². The average Bonchev–Trinajstić information content (AvgIpc) is 3.60. The van der Waals surface area contributed by atoms with Crippen LogP contribution in [0, 0.1) is 11.8 Å². The molecule has 2 aliphatic carbocycles. The molecule has 2 N–H and O–H groups in total. The van der Waals surface area contributed by atoms with Gasteiger partial charge in [-0.05, 0) is 49.3 Å². The van der Waals surface area contributed by atoms with Crippen molar-refractivity contribution in [1.82, 2.24) is 30.0 Å². The topological polar surface area (TPSA) is 97.2 Å². The van der Waals surface area contributed by atoms with Gasteiger partial charge in [-0.25, -0.2) is 9.78 Å². The Morgan fingerprint density at radius 2 is 1.97 bits per heavy atom. The van der Waals surface area contributed by atoms with E-state index in [4.69, 9.17) is 4.74 Å². The highest BCUT2D eigenvalue weighted by molar-refractivity contribution is 5.90. The zero-order valence-electron chi connectivity index (χ0n) is 19.3. The molecule has 1 unspecified atom stereocenters. The molecule has 0 spiro atoms. The van der Waals surface area contributed by atoms with Crippen LogP contribution in [-0.2, 0) is 11.3 Å². The van der Waals surface area contributed by atoms with E-state index in [1.807, 2.05) is 35.4 Å². The first-order valence-electron chi connectivity index (χ1n) is 12.4. The molecule has 3 aliphatic rings. The molecule has 178 valence electrons. The van der Waals surface area contributed by atoms with E-state index in [-0.39, 0.29) is 6.03 Å². The van der Waals surface area contributed by atoms with Crippen LogP contribution in [0.1, 0.15) is 25.7 Å². The van der Waals surface area contributed by atoms with Crippen LogP contribution in [0.5, 0.6) is 0 Å². The highest BCUT2D eigenvalue weighted by Gasteiger charge is 2.40. The summed E-state index contributed by atoms with van der Waals surface area (Å²) in [6.07, 6.45) is 10.7. The van der Waals surface area contributed by atoms with Gasteiger partial charge in [0.05, 0.1) is 37.0 Å². The molecule has 2 saturated carbocycles. The number of nitrogens with one attached hydrogen (secondary N) is 2. The van der Waals surface area contributed by atoms with Crippen molar-refractivity contribution in [3.05, 3.63) is 36.8 Å². The molecule has 3 aromatic rings. The Hall–Kier alpha value is -3.04. The number of aromatic nitrogens is 4. The highest BCUT2D eigenvalue weighted by atomic mass is 16.5. The molecule has 9 heteroatoms. The van der Waals surface area contributed by atoms with Gasteiger partial charge >= 0.3 is 6.03 Å². The molecule has 3 atom stereocenters. The molecular weight excluding hydrogens is 430 g/mol. The summed E-state index contributed by atoms with van der Waals surface area (Å²) in [5.74, 6) is 1.97. The quantitative estimate of drug-likeness (QED) is 0.585. The molecule has 9 nitrogen and oxygen atoms in total. The lowest BCUT2D eigenvalue weighted by Crippen LogP contribution is -2.41. The molecule has 3 fully saturated rings. The van der Waals surface area contributed by atoms with Gasteiger partial charge in [0.15, 0.2) is 0 Å². The Morgan fingerprint density at radius 1 is 1.06 bits per heavy atom. The predicted octanol–water partition coefficient (Wildman–Crippen LogP) is 3.14. The smallest absolute Gasteiger partial charge is 0.320 e. The van der Waals surface area contributed by atoms with Gasteiger partial charge in [0.2, 0.25) is 0 Å². The minimum absolute atomic E-state index is 0.171. The Kier molecular flexibility index (Phi) is 5.88. The third-order valence-electron chi connectivity index (χ3n) is 7.55. The first-order chi connectivity index (χ1) is 16.7. The van der Waals surface area contributed by atoms with Crippen LogP contribution < -0.4 is 10.6 Å². The van der Waals surface area contributed by atoms with Crippen molar-refractivity contribution in [2.75, 3.05) is 38.2 Å². The van der Waals surface area contributed by atoms with Crippen LogP contribution in [0.2, 0.25) is 0 Å². The number of ether oxygens (including phenoxy) is 1. The molecule has 2 amide bonds. The molecule has 1 aliphatic heterocycles. The van der Waals surface area contributed by atoms with Crippen LogP contribution in [-0.4, -0.2) is 69.6 Å². The minimum Gasteiger partial charge on any atom is -0.379 e. The lowest BCUT2D eigenvalue weighted by molar-refractivity contribution is 0.0360. The summed E-state index contributed by atoms with van der Waals surface area (Å²) >= 11 is 0. The summed E-state index contributed by atoms with van der Waals surface area (Å²) in [6, 6.07) is 5.83. The maximum atomic E-state index is 12.5. The number of amides is 2. The van der Waals surface area contributed by atoms with Gasteiger partial charge in [0, 0.05) is 49.2 Å². The normalized spacial score (nSPS) is 24.5. The van der Waals surface area contributed by atoms with Gasteiger partial charge in [0.25, 0.3) is 0 Å². The van der Waals surface area contributed by atoms with E-state index < -0.39 is 0 Å². The van der Waals surface area contributed by atoms with Crippen molar-refractivity contribution < 1.29 is 9.53 Å². The summed E-state index contributed by atoms with van der Waals surface area (Å²) in [7, 11) is 0. The zero-order valence-corrected chi connectivity index (χ0v) is 19.3. The maximum absolute atomic E-state index is 12.5. The Labute approximate surface area is 198 Å². The second kappa shape index (κ2) is 9.31. The fourth-order valence-corrected chi connectivity index (χ4v) is 5.68. The first kappa shape index (κ1) is 21.5.